The number of hydrogen-bond acceptors (Lipinski definition) is 6. The number of esters is 1. The largest absolute Gasteiger partial charge is 0.493 e. The molecule has 0 unspecified atom stereocenters. The van der Waals surface area contributed by atoms with Gasteiger partial charge in [0.15, 0.2) is 18.2 Å². The summed E-state index contributed by atoms with van der Waals surface area (Å²) in [6.45, 7) is 6.62. The molecule has 0 radical (unpaired) electrons. The average molecular weight is 425 g/mol. The highest BCUT2D eigenvalue weighted by Crippen LogP contribution is 2.18. The van der Waals surface area contributed by atoms with Crippen molar-refractivity contribution in [1.82, 2.24) is 0 Å². The highest BCUT2D eigenvalue weighted by Gasteiger charge is 2.21. The molecule has 7 heteroatoms. The van der Waals surface area contributed by atoms with E-state index in [2.05, 4.69) is 5.32 Å². The van der Waals surface area contributed by atoms with Crippen LogP contribution < -0.4 is 10.1 Å². The number of ether oxygens (including phenoxy) is 2. The van der Waals surface area contributed by atoms with Crippen LogP contribution in [0.1, 0.15) is 54.8 Å². The summed E-state index contributed by atoms with van der Waals surface area (Å²) in [5.41, 5.74) is 1.02. The van der Waals surface area contributed by atoms with Crippen LogP contribution in [0, 0.1) is 5.41 Å². The fraction of sp³-hybridized carbons (Fsp3) is 0.333. The summed E-state index contributed by atoms with van der Waals surface area (Å²) in [6.07, 6.45) is -0.0144. The maximum absolute atomic E-state index is 12.2. The summed E-state index contributed by atoms with van der Waals surface area (Å²) in [5.74, 6) is -0.528. The molecule has 7 nitrogen and oxygen atoms in total. The van der Waals surface area contributed by atoms with Crippen molar-refractivity contribution >= 4 is 29.1 Å². The molecule has 2 aromatic rings. The van der Waals surface area contributed by atoms with Crippen molar-refractivity contribution in [3.05, 3.63) is 59.7 Å². The Balaban J connectivity index is 1.74. The Kier molecular flexibility index (Phi) is 8.07. The highest BCUT2D eigenvalue weighted by molar-refractivity contribution is 5.99. The monoisotopic (exact) mass is 425 g/mol. The van der Waals surface area contributed by atoms with Crippen LogP contribution in [0.25, 0.3) is 0 Å². The Hall–Kier alpha value is -3.48. The van der Waals surface area contributed by atoms with Crippen LogP contribution in [0.4, 0.5) is 5.69 Å². The number of carbonyl (C=O) groups excluding carboxylic acids is 4. The molecule has 1 N–H and O–H groups in total. The van der Waals surface area contributed by atoms with Crippen LogP contribution in [0.5, 0.6) is 5.75 Å². The minimum atomic E-state index is -0.553. The van der Waals surface area contributed by atoms with Gasteiger partial charge in [-0.05, 0) is 55.5 Å². The molecule has 0 atom stereocenters. The van der Waals surface area contributed by atoms with E-state index in [0.717, 1.165) is 0 Å². The predicted molar refractivity (Wildman–Crippen MR) is 116 cm³/mol. The third kappa shape index (κ3) is 7.70. The van der Waals surface area contributed by atoms with Gasteiger partial charge >= 0.3 is 5.97 Å². The lowest BCUT2D eigenvalue weighted by Gasteiger charge is -2.17. The second-order valence-electron chi connectivity index (χ2n) is 8.04. The van der Waals surface area contributed by atoms with Crippen molar-refractivity contribution in [3.8, 4) is 5.75 Å². The van der Waals surface area contributed by atoms with Crippen molar-refractivity contribution in [3.63, 3.8) is 0 Å². The summed E-state index contributed by atoms with van der Waals surface area (Å²) < 4.78 is 10.4. The molecular weight excluding hydrogens is 398 g/mol. The molecule has 2 aromatic carbocycles. The number of anilines is 1. The van der Waals surface area contributed by atoms with Crippen LogP contribution >= 0.6 is 0 Å². The lowest BCUT2D eigenvalue weighted by molar-refractivity contribution is -0.143. The number of hydrogen-bond donors (Lipinski definition) is 1. The predicted octanol–water partition coefficient (Wildman–Crippen LogP) is 4.07. The second kappa shape index (κ2) is 10.5. The van der Waals surface area contributed by atoms with Gasteiger partial charge in [0.2, 0.25) is 5.91 Å². The molecule has 0 aliphatic heterocycles. The Morgan fingerprint density at radius 2 is 1.45 bits per heavy atom. The Morgan fingerprint density at radius 3 is 2.00 bits per heavy atom. The molecule has 2 rings (SSSR count). The molecule has 1 amide bonds. The van der Waals surface area contributed by atoms with Crippen LogP contribution in [0.2, 0.25) is 0 Å². The molecule has 31 heavy (non-hydrogen) atoms. The SMILES string of the molecule is CC(=O)c1ccc(OCCC(=O)OCC(=O)c2ccc(NC(=O)C(C)(C)C)cc2)cc1. The Bertz CT molecular complexity index is 940. The number of carbonyl (C=O) groups is 4. The summed E-state index contributed by atoms with van der Waals surface area (Å²) in [7, 11) is 0. The fourth-order valence-electron chi connectivity index (χ4n) is 2.40. The van der Waals surface area contributed by atoms with Gasteiger partial charge in [0.05, 0.1) is 13.0 Å². The molecule has 0 saturated carbocycles. The van der Waals surface area contributed by atoms with Gasteiger partial charge < -0.3 is 14.8 Å². The summed E-state index contributed by atoms with van der Waals surface area (Å²) in [4.78, 5) is 47.3. The van der Waals surface area contributed by atoms with Crippen LogP contribution in [0.15, 0.2) is 48.5 Å². The van der Waals surface area contributed by atoms with Gasteiger partial charge in [-0.25, -0.2) is 0 Å². The van der Waals surface area contributed by atoms with Crippen molar-refractivity contribution in [1.29, 1.82) is 0 Å². The molecule has 0 spiro atoms. The molecule has 0 bridgehead atoms. The minimum Gasteiger partial charge on any atom is -0.493 e. The van der Waals surface area contributed by atoms with Crippen molar-refractivity contribution in [2.75, 3.05) is 18.5 Å². The molecule has 0 aliphatic rings. The van der Waals surface area contributed by atoms with Crippen LogP contribution in [-0.2, 0) is 14.3 Å². The maximum Gasteiger partial charge on any atom is 0.309 e. The molecule has 0 aromatic heterocycles. The summed E-state index contributed by atoms with van der Waals surface area (Å²) >= 11 is 0. The zero-order valence-electron chi connectivity index (χ0n) is 18.2. The van der Waals surface area contributed by atoms with Crippen LogP contribution in [-0.4, -0.2) is 36.7 Å². The third-order valence-electron chi connectivity index (χ3n) is 4.35. The molecule has 0 saturated heterocycles. The topological polar surface area (TPSA) is 98.8 Å². The van der Waals surface area contributed by atoms with Gasteiger partial charge in [0.25, 0.3) is 0 Å². The number of Topliss-reactive ketones (excluding diaryl/α,β-unsaturated/α-hetero) is 2. The molecule has 0 fully saturated rings. The van der Waals surface area contributed by atoms with E-state index in [9.17, 15) is 19.2 Å². The molecule has 0 aliphatic carbocycles. The molecule has 0 heterocycles. The van der Waals surface area contributed by atoms with E-state index in [4.69, 9.17) is 9.47 Å². The fourth-order valence-corrected chi connectivity index (χ4v) is 2.40. The van der Waals surface area contributed by atoms with E-state index in [1.807, 2.05) is 20.8 Å². The zero-order valence-corrected chi connectivity index (χ0v) is 18.2. The van der Waals surface area contributed by atoms with Gasteiger partial charge in [0, 0.05) is 22.2 Å². The highest BCUT2D eigenvalue weighted by atomic mass is 16.5. The van der Waals surface area contributed by atoms with Gasteiger partial charge in [-0.3, -0.25) is 19.2 Å². The lowest BCUT2D eigenvalue weighted by Crippen LogP contribution is -2.27. The number of benzene rings is 2. The third-order valence-corrected chi connectivity index (χ3v) is 4.35. The molecular formula is C24H27NO6. The van der Waals surface area contributed by atoms with Crippen molar-refractivity contribution in [2.24, 2.45) is 5.41 Å². The van der Waals surface area contributed by atoms with Gasteiger partial charge in [-0.15, -0.1) is 0 Å². The Labute approximate surface area is 181 Å². The first-order chi connectivity index (χ1) is 14.6. The first-order valence-corrected chi connectivity index (χ1v) is 9.90. The quantitative estimate of drug-likeness (QED) is 0.480. The van der Waals surface area contributed by atoms with E-state index in [-0.39, 0.29) is 37.1 Å². The van der Waals surface area contributed by atoms with Crippen molar-refractivity contribution in [2.45, 2.75) is 34.1 Å². The average Bonchev–Trinajstić information content (AvgIpc) is 2.72. The number of rotatable bonds is 9. The summed E-state index contributed by atoms with van der Waals surface area (Å²) in [6, 6.07) is 13.0. The number of ketones is 2. The summed E-state index contributed by atoms with van der Waals surface area (Å²) in [5, 5.41) is 2.78. The standard InChI is InChI=1S/C24H27NO6/c1-16(26)17-7-11-20(12-8-17)30-14-13-22(28)31-15-21(27)18-5-9-19(10-6-18)25-23(29)24(2,3)4/h5-12H,13-15H2,1-4H3,(H,25,29). The first kappa shape index (κ1) is 23.8. The smallest absolute Gasteiger partial charge is 0.309 e. The van der Waals surface area contributed by atoms with Gasteiger partial charge in [-0.1, -0.05) is 20.8 Å². The lowest BCUT2D eigenvalue weighted by atomic mass is 9.95. The molecule has 164 valence electrons. The Morgan fingerprint density at radius 1 is 0.871 bits per heavy atom. The van der Waals surface area contributed by atoms with E-state index >= 15 is 0 Å². The number of amides is 1. The number of nitrogens with one attached hydrogen (secondary N) is 1. The van der Waals surface area contributed by atoms with E-state index in [1.54, 1.807) is 48.5 Å². The normalized spacial score (nSPS) is 10.8. The van der Waals surface area contributed by atoms with Gasteiger partial charge in [-0.2, -0.15) is 0 Å². The zero-order chi connectivity index (χ0) is 23.0. The maximum atomic E-state index is 12.2. The second-order valence-corrected chi connectivity index (χ2v) is 8.04. The van der Waals surface area contributed by atoms with Gasteiger partial charge in [0.1, 0.15) is 5.75 Å². The van der Waals surface area contributed by atoms with Crippen LogP contribution in [0.3, 0.4) is 0 Å². The van der Waals surface area contributed by atoms with E-state index in [0.29, 0.717) is 22.6 Å². The minimum absolute atomic E-state index is 0.0144. The van der Waals surface area contributed by atoms with E-state index in [1.165, 1.54) is 6.92 Å². The first-order valence-electron chi connectivity index (χ1n) is 9.90. The van der Waals surface area contributed by atoms with Crippen molar-refractivity contribution < 1.29 is 28.7 Å². The van der Waals surface area contributed by atoms with E-state index < -0.39 is 11.4 Å².